The molecule has 27 heavy (non-hydrogen) atoms. The number of nitrogens with one attached hydrogen (secondary N) is 2. The summed E-state index contributed by atoms with van der Waals surface area (Å²) in [7, 11) is -7.43. The molecule has 2 rings (SSSR count). The standard InChI is InChI=1S/C19H26N2O4S2/c1-12(2)16-8-7-9-17(11-16)20-27(24,25)19-14(4)10-13(3)18(15(19)5)21-26(6,22)23/h7-12,20-21H,1-6H3. The zero-order valence-corrected chi connectivity index (χ0v) is 18.0. The molecule has 0 unspecified atom stereocenters. The van der Waals surface area contributed by atoms with E-state index < -0.39 is 20.0 Å². The van der Waals surface area contributed by atoms with Crippen LogP contribution in [-0.4, -0.2) is 23.1 Å². The molecule has 2 aromatic carbocycles. The van der Waals surface area contributed by atoms with Crippen LogP contribution in [0.4, 0.5) is 11.4 Å². The molecule has 2 aromatic rings. The van der Waals surface area contributed by atoms with Crippen molar-refractivity contribution >= 4 is 31.4 Å². The third kappa shape index (κ3) is 5.01. The van der Waals surface area contributed by atoms with Gasteiger partial charge in [-0.15, -0.1) is 0 Å². The number of benzene rings is 2. The predicted molar refractivity (Wildman–Crippen MR) is 110 cm³/mol. The molecule has 2 N–H and O–H groups in total. The number of anilines is 2. The molecule has 0 radical (unpaired) electrons. The van der Waals surface area contributed by atoms with Crippen LogP contribution in [0.15, 0.2) is 35.2 Å². The number of hydrogen-bond acceptors (Lipinski definition) is 4. The van der Waals surface area contributed by atoms with Gasteiger partial charge in [-0.2, -0.15) is 0 Å². The molecule has 0 fully saturated rings. The molecule has 0 atom stereocenters. The van der Waals surface area contributed by atoms with Crippen LogP contribution in [0.3, 0.4) is 0 Å². The zero-order chi connectivity index (χ0) is 20.6. The topological polar surface area (TPSA) is 92.3 Å². The molecule has 6 nitrogen and oxygen atoms in total. The van der Waals surface area contributed by atoms with Crippen LogP contribution in [0.1, 0.15) is 42.0 Å². The maximum Gasteiger partial charge on any atom is 0.262 e. The Bertz CT molecular complexity index is 1070. The number of sulfonamides is 2. The normalized spacial score (nSPS) is 12.3. The van der Waals surface area contributed by atoms with Crippen molar-refractivity contribution in [2.24, 2.45) is 0 Å². The van der Waals surface area contributed by atoms with Crippen molar-refractivity contribution in [3.63, 3.8) is 0 Å². The molecule has 0 saturated heterocycles. The SMILES string of the molecule is Cc1cc(C)c(S(=O)(=O)Nc2cccc(C(C)C)c2)c(C)c1NS(C)(=O)=O. The van der Waals surface area contributed by atoms with Gasteiger partial charge in [-0.25, -0.2) is 16.8 Å². The van der Waals surface area contributed by atoms with Gasteiger partial charge in [0.05, 0.1) is 16.8 Å². The first-order valence-corrected chi connectivity index (χ1v) is 11.9. The Morgan fingerprint density at radius 1 is 0.889 bits per heavy atom. The lowest BCUT2D eigenvalue weighted by molar-refractivity contribution is 0.599. The minimum atomic E-state index is -3.90. The third-order valence-corrected chi connectivity index (χ3v) is 6.51. The van der Waals surface area contributed by atoms with Gasteiger partial charge >= 0.3 is 0 Å². The van der Waals surface area contributed by atoms with Crippen molar-refractivity contribution in [1.82, 2.24) is 0 Å². The van der Waals surface area contributed by atoms with Crippen molar-refractivity contribution in [1.29, 1.82) is 0 Å². The minimum absolute atomic E-state index is 0.0780. The summed E-state index contributed by atoms with van der Waals surface area (Å²) in [4.78, 5) is 0.0780. The summed E-state index contributed by atoms with van der Waals surface area (Å²) in [6.45, 7) is 9.11. The Morgan fingerprint density at radius 2 is 1.52 bits per heavy atom. The molecular weight excluding hydrogens is 384 g/mol. The Labute approximate surface area is 162 Å². The highest BCUT2D eigenvalue weighted by Gasteiger charge is 2.24. The number of hydrogen-bond donors (Lipinski definition) is 2. The van der Waals surface area contributed by atoms with Gasteiger partial charge in [-0.3, -0.25) is 9.44 Å². The molecule has 0 amide bonds. The molecule has 0 aliphatic rings. The second kappa shape index (κ2) is 7.52. The predicted octanol–water partition coefficient (Wildman–Crippen LogP) is 3.91. The molecule has 148 valence electrons. The van der Waals surface area contributed by atoms with Crippen molar-refractivity contribution in [2.75, 3.05) is 15.7 Å². The maximum absolute atomic E-state index is 13.1. The number of rotatable bonds is 6. The molecule has 0 aliphatic carbocycles. The van der Waals surface area contributed by atoms with E-state index in [4.69, 9.17) is 0 Å². The van der Waals surface area contributed by atoms with E-state index in [2.05, 4.69) is 9.44 Å². The van der Waals surface area contributed by atoms with E-state index in [0.717, 1.165) is 11.8 Å². The number of aryl methyl sites for hydroxylation is 2. The van der Waals surface area contributed by atoms with Crippen LogP contribution in [-0.2, 0) is 20.0 Å². The Kier molecular flexibility index (Phi) is 5.91. The van der Waals surface area contributed by atoms with E-state index in [1.165, 1.54) is 0 Å². The van der Waals surface area contributed by atoms with E-state index >= 15 is 0 Å². The van der Waals surface area contributed by atoms with Crippen LogP contribution in [0, 0.1) is 20.8 Å². The molecule has 8 heteroatoms. The smallest absolute Gasteiger partial charge is 0.262 e. The summed E-state index contributed by atoms with van der Waals surface area (Å²) in [6, 6.07) is 8.91. The van der Waals surface area contributed by atoms with Crippen LogP contribution < -0.4 is 9.44 Å². The summed E-state index contributed by atoms with van der Waals surface area (Å²) in [5.74, 6) is 0.267. The average Bonchev–Trinajstić information content (AvgIpc) is 2.49. The first kappa shape index (κ1) is 21.2. The fourth-order valence-corrected chi connectivity index (χ4v) is 5.30. The second-order valence-electron chi connectivity index (χ2n) is 7.10. The van der Waals surface area contributed by atoms with Gasteiger partial charge in [-0.05, 0) is 61.1 Å². The Hall–Kier alpha value is -2.06. The lowest BCUT2D eigenvalue weighted by atomic mass is 10.0. The van der Waals surface area contributed by atoms with Gasteiger partial charge < -0.3 is 0 Å². The quantitative estimate of drug-likeness (QED) is 0.755. The van der Waals surface area contributed by atoms with Gasteiger partial charge in [0.2, 0.25) is 10.0 Å². The molecule has 0 spiro atoms. The molecule has 0 aliphatic heterocycles. The highest BCUT2D eigenvalue weighted by molar-refractivity contribution is 7.93. The van der Waals surface area contributed by atoms with Gasteiger partial charge in [0.15, 0.2) is 0 Å². The molecule has 0 bridgehead atoms. The highest BCUT2D eigenvalue weighted by atomic mass is 32.2. The van der Waals surface area contributed by atoms with E-state index in [1.807, 2.05) is 19.9 Å². The fraction of sp³-hybridized carbons (Fsp3) is 0.368. The van der Waals surface area contributed by atoms with Crippen molar-refractivity contribution < 1.29 is 16.8 Å². The largest absolute Gasteiger partial charge is 0.283 e. The summed E-state index contributed by atoms with van der Waals surface area (Å²) in [5.41, 5.74) is 3.36. The van der Waals surface area contributed by atoms with E-state index in [-0.39, 0.29) is 10.8 Å². The monoisotopic (exact) mass is 410 g/mol. The van der Waals surface area contributed by atoms with Gasteiger partial charge in [0.25, 0.3) is 10.0 Å². The van der Waals surface area contributed by atoms with Crippen molar-refractivity contribution in [3.05, 3.63) is 52.6 Å². The minimum Gasteiger partial charge on any atom is -0.283 e. The van der Waals surface area contributed by atoms with Gasteiger partial charge in [-0.1, -0.05) is 32.0 Å². The maximum atomic E-state index is 13.1. The summed E-state index contributed by atoms with van der Waals surface area (Å²) >= 11 is 0. The van der Waals surface area contributed by atoms with Gasteiger partial charge in [0, 0.05) is 5.69 Å². The van der Waals surface area contributed by atoms with Crippen LogP contribution in [0.25, 0.3) is 0 Å². The summed E-state index contributed by atoms with van der Waals surface area (Å²) < 4.78 is 54.5. The average molecular weight is 411 g/mol. The third-order valence-electron chi connectivity index (χ3n) is 4.26. The lowest BCUT2D eigenvalue weighted by Gasteiger charge is -2.19. The zero-order valence-electron chi connectivity index (χ0n) is 16.4. The van der Waals surface area contributed by atoms with E-state index in [1.54, 1.807) is 45.0 Å². The highest BCUT2D eigenvalue weighted by Crippen LogP contribution is 2.32. The Morgan fingerprint density at radius 3 is 2.07 bits per heavy atom. The van der Waals surface area contributed by atoms with Crippen LogP contribution >= 0.6 is 0 Å². The van der Waals surface area contributed by atoms with Gasteiger partial charge in [0.1, 0.15) is 0 Å². The van der Waals surface area contributed by atoms with Crippen LogP contribution in [0.2, 0.25) is 0 Å². The Balaban J connectivity index is 2.56. The first-order chi connectivity index (χ1) is 12.3. The van der Waals surface area contributed by atoms with Crippen molar-refractivity contribution in [3.8, 4) is 0 Å². The van der Waals surface area contributed by atoms with Crippen LogP contribution in [0.5, 0.6) is 0 Å². The fourth-order valence-electron chi connectivity index (χ4n) is 3.09. The van der Waals surface area contributed by atoms with E-state index in [9.17, 15) is 16.8 Å². The summed E-state index contributed by atoms with van der Waals surface area (Å²) in [6.07, 6.45) is 1.04. The summed E-state index contributed by atoms with van der Waals surface area (Å²) in [5, 5.41) is 0. The van der Waals surface area contributed by atoms with E-state index in [0.29, 0.717) is 28.1 Å². The molecule has 0 aromatic heterocycles. The van der Waals surface area contributed by atoms with Crippen molar-refractivity contribution in [2.45, 2.75) is 45.4 Å². The first-order valence-electron chi connectivity index (χ1n) is 8.53. The molecule has 0 heterocycles. The molecule has 0 saturated carbocycles. The lowest BCUT2D eigenvalue weighted by Crippen LogP contribution is -2.19. The second-order valence-corrected chi connectivity index (χ2v) is 10.5. The molecular formula is C19H26N2O4S2.